The maximum absolute atomic E-state index is 14.3. The Labute approximate surface area is 178 Å². The molecule has 0 saturated heterocycles. The number of benzene rings is 2. The zero-order chi connectivity index (χ0) is 23.3. The first-order valence-corrected chi connectivity index (χ1v) is 9.42. The first kappa shape index (κ1) is 21.7. The van der Waals surface area contributed by atoms with Gasteiger partial charge in [-0.1, -0.05) is 18.2 Å². The summed E-state index contributed by atoms with van der Waals surface area (Å²) in [6.07, 6.45) is -4.87. The van der Waals surface area contributed by atoms with Gasteiger partial charge in [0.2, 0.25) is 0 Å². The van der Waals surface area contributed by atoms with E-state index >= 15 is 0 Å². The molecule has 0 fully saturated rings. The molecular weight excluding hydrogens is 433 g/mol. The molecule has 3 N–H and O–H groups in total. The van der Waals surface area contributed by atoms with Gasteiger partial charge in [0, 0.05) is 5.69 Å². The minimum absolute atomic E-state index is 0.0463. The van der Waals surface area contributed by atoms with Crippen molar-refractivity contribution in [3.8, 4) is 11.3 Å². The SMILES string of the molecule is C[C@@](O)(c1ccc(Nc2cc(-c3c(F)cccc3F)nc3c2C(=O)NC3)cc1)C(F)(F)F. The molecule has 1 aromatic heterocycles. The van der Waals surface area contributed by atoms with Crippen LogP contribution in [0.4, 0.5) is 33.3 Å². The average Bonchev–Trinajstić information content (AvgIpc) is 3.08. The second-order valence-corrected chi connectivity index (χ2v) is 7.43. The Morgan fingerprint density at radius 3 is 2.25 bits per heavy atom. The Kier molecular flexibility index (Phi) is 5.12. The summed E-state index contributed by atoms with van der Waals surface area (Å²) in [5.74, 6) is -2.12. The van der Waals surface area contributed by atoms with Gasteiger partial charge >= 0.3 is 6.18 Å². The van der Waals surface area contributed by atoms with Crippen LogP contribution in [0.2, 0.25) is 0 Å². The number of fused-ring (bicyclic) bond motifs is 1. The van der Waals surface area contributed by atoms with Gasteiger partial charge in [0.05, 0.1) is 34.7 Å². The zero-order valence-corrected chi connectivity index (χ0v) is 16.5. The second kappa shape index (κ2) is 7.56. The van der Waals surface area contributed by atoms with Crippen LogP contribution in [0.5, 0.6) is 0 Å². The van der Waals surface area contributed by atoms with E-state index in [-0.39, 0.29) is 40.3 Å². The lowest BCUT2D eigenvalue weighted by molar-refractivity contribution is -0.258. The minimum Gasteiger partial charge on any atom is -0.376 e. The molecule has 0 spiro atoms. The number of carbonyl (C=O) groups excluding carboxylic acids is 1. The van der Waals surface area contributed by atoms with Crippen LogP contribution in [0.3, 0.4) is 0 Å². The van der Waals surface area contributed by atoms with E-state index < -0.39 is 29.3 Å². The Bertz CT molecular complexity index is 1190. The molecule has 0 aliphatic carbocycles. The number of carbonyl (C=O) groups is 1. The second-order valence-electron chi connectivity index (χ2n) is 7.43. The number of hydrogen-bond acceptors (Lipinski definition) is 4. The average molecular weight is 449 g/mol. The molecule has 0 saturated carbocycles. The van der Waals surface area contributed by atoms with Crippen LogP contribution >= 0.6 is 0 Å². The fraction of sp³-hybridized carbons (Fsp3) is 0.182. The van der Waals surface area contributed by atoms with Crippen molar-refractivity contribution in [1.29, 1.82) is 0 Å². The maximum atomic E-state index is 14.3. The maximum Gasteiger partial charge on any atom is 0.421 e. The number of anilines is 2. The van der Waals surface area contributed by atoms with Gasteiger partial charge in [-0.15, -0.1) is 0 Å². The fourth-order valence-electron chi connectivity index (χ4n) is 3.40. The number of hydrogen-bond donors (Lipinski definition) is 3. The number of pyridine rings is 1. The normalized spacial score (nSPS) is 15.2. The lowest BCUT2D eigenvalue weighted by atomic mass is 9.95. The predicted octanol–water partition coefficient (Wildman–Crippen LogP) is 4.78. The third-order valence-corrected chi connectivity index (χ3v) is 5.23. The zero-order valence-electron chi connectivity index (χ0n) is 16.5. The predicted molar refractivity (Wildman–Crippen MR) is 106 cm³/mol. The molecule has 2 heterocycles. The number of halogens is 5. The van der Waals surface area contributed by atoms with E-state index in [4.69, 9.17) is 0 Å². The highest BCUT2D eigenvalue weighted by Gasteiger charge is 2.51. The number of rotatable bonds is 4. The summed E-state index contributed by atoms with van der Waals surface area (Å²) in [6, 6.07) is 9.43. The summed E-state index contributed by atoms with van der Waals surface area (Å²) in [5.41, 5.74) is -2.92. The number of amides is 1. The number of aliphatic hydroxyl groups is 1. The highest BCUT2D eigenvalue weighted by Crippen LogP contribution is 2.39. The molecule has 1 atom stereocenters. The van der Waals surface area contributed by atoms with Crippen molar-refractivity contribution in [3.63, 3.8) is 0 Å². The van der Waals surface area contributed by atoms with Crippen molar-refractivity contribution in [3.05, 3.63) is 77.0 Å². The Balaban J connectivity index is 1.74. The van der Waals surface area contributed by atoms with Crippen molar-refractivity contribution < 1.29 is 31.9 Å². The van der Waals surface area contributed by atoms with Crippen molar-refractivity contribution in [1.82, 2.24) is 10.3 Å². The molecule has 166 valence electrons. The molecule has 10 heteroatoms. The largest absolute Gasteiger partial charge is 0.421 e. The minimum atomic E-state index is -4.87. The lowest BCUT2D eigenvalue weighted by Gasteiger charge is -2.26. The van der Waals surface area contributed by atoms with E-state index in [1.807, 2.05) is 0 Å². The Hall–Kier alpha value is -3.53. The fourth-order valence-corrected chi connectivity index (χ4v) is 3.40. The molecule has 0 bridgehead atoms. The molecule has 1 amide bonds. The van der Waals surface area contributed by atoms with E-state index in [1.54, 1.807) is 0 Å². The van der Waals surface area contributed by atoms with Crippen molar-refractivity contribution in [2.24, 2.45) is 0 Å². The van der Waals surface area contributed by atoms with Crippen LogP contribution in [-0.2, 0) is 12.1 Å². The lowest BCUT2D eigenvalue weighted by Crippen LogP contribution is -2.39. The van der Waals surface area contributed by atoms with Crippen LogP contribution in [0.25, 0.3) is 11.3 Å². The van der Waals surface area contributed by atoms with Gasteiger partial charge in [-0.3, -0.25) is 4.79 Å². The van der Waals surface area contributed by atoms with E-state index in [2.05, 4.69) is 15.6 Å². The van der Waals surface area contributed by atoms with Gasteiger partial charge < -0.3 is 15.7 Å². The highest BCUT2D eigenvalue weighted by molar-refractivity contribution is 6.04. The van der Waals surface area contributed by atoms with Gasteiger partial charge in [0.15, 0.2) is 5.60 Å². The molecule has 1 aliphatic rings. The van der Waals surface area contributed by atoms with Crippen molar-refractivity contribution in [2.75, 3.05) is 5.32 Å². The standard InChI is InChI=1S/C22H16F5N3O2/c1-21(32,22(25,26)27)11-5-7-12(8-6-11)29-16-9-15(18-13(23)3-2-4-14(18)24)30-17-10-28-20(31)19(16)17/h2-9,32H,10H2,1H3,(H,28,31)(H,29,30)/t21-/m1/s1. The van der Waals surface area contributed by atoms with Crippen LogP contribution in [0.1, 0.15) is 28.5 Å². The van der Waals surface area contributed by atoms with Crippen LogP contribution in [0.15, 0.2) is 48.5 Å². The van der Waals surface area contributed by atoms with Crippen LogP contribution < -0.4 is 10.6 Å². The number of nitrogens with zero attached hydrogens (tertiary/aromatic N) is 1. The summed E-state index contributed by atoms with van der Waals surface area (Å²) >= 11 is 0. The van der Waals surface area contributed by atoms with E-state index in [0.717, 1.165) is 24.3 Å². The smallest absolute Gasteiger partial charge is 0.376 e. The molecule has 2 aromatic carbocycles. The molecule has 5 nitrogen and oxygen atoms in total. The summed E-state index contributed by atoms with van der Waals surface area (Å²) in [7, 11) is 0. The Morgan fingerprint density at radius 2 is 1.66 bits per heavy atom. The summed E-state index contributed by atoms with van der Waals surface area (Å²) < 4.78 is 67.7. The number of aromatic nitrogens is 1. The van der Waals surface area contributed by atoms with Gasteiger partial charge in [0.1, 0.15) is 11.6 Å². The first-order valence-electron chi connectivity index (χ1n) is 9.42. The van der Waals surface area contributed by atoms with Crippen LogP contribution in [-0.4, -0.2) is 22.2 Å². The van der Waals surface area contributed by atoms with Gasteiger partial charge in [-0.25, -0.2) is 13.8 Å². The third kappa shape index (κ3) is 3.66. The van der Waals surface area contributed by atoms with E-state index in [1.165, 1.54) is 24.3 Å². The van der Waals surface area contributed by atoms with E-state index in [9.17, 15) is 31.9 Å². The van der Waals surface area contributed by atoms with Gasteiger partial charge in [-0.05, 0) is 42.8 Å². The summed E-state index contributed by atoms with van der Waals surface area (Å²) in [5, 5.41) is 15.3. The highest BCUT2D eigenvalue weighted by atomic mass is 19.4. The number of nitrogens with one attached hydrogen (secondary N) is 2. The van der Waals surface area contributed by atoms with Gasteiger partial charge in [-0.2, -0.15) is 13.2 Å². The molecule has 0 radical (unpaired) electrons. The molecule has 0 unspecified atom stereocenters. The number of alkyl halides is 3. The first-order chi connectivity index (χ1) is 15.0. The molecule has 1 aliphatic heterocycles. The monoisotopic (exact) mass is 449 g/mol. The van der Waals surface area contributed by atoms with Crippen molar-refractivity contribution in [2.45, 2.75) is 25.2 Å². The van der Waals surface area contributed by atoms with Gasteiger partial charge in [0.25, 0.3) is 5.91 Å². The Morgan fingerprint density at radius 1 is 1.03 bits per heavy atom. The van der Waals surface area contributed by atoms with Crippen molar-refractivity contribution >= 4 is 17.3 Å². The van der Waals surface area contributed by atoms with Crippen LogP contribution in [0, 0.1) is 11.6 Å². The molecule has 3 aromatic rings. The third-order valence-electron chi connectivity index (χ3n) is 5.23. The molecule has 32 heavy (non-hydrogen) atoms. The topological polar surface area (TPSA) is 74.2 Å². The van der Waals surface area contributed by atoms with E-state index in [0.29, 0.717) is 12.6 Å². The molecular formula is C22H16F5N3O2. The quantitative estimate of drug-likeness (QED) is 0.501. The summed E-state index contributed by atoms with van der Waals surface area (Å²) in [6.45, 7) is 0.699. The molecule has 4 rings (SSSR count). The summed E-state index contributed by atoms with van der Waals surface area (Å²) in [4.78, 5) is 16.5.